The lowest BCUT2D eigenvalue weighted by Crippen LogP contribution is -2.52. The molecular weight excluding hydrogens is 290 g/mol. The van der Waals surface area contributed by atoms with E-state index < -0.39 is 0 Å². The Morgan fingerprint density at radius 2 is 0.875 bits per heavy atom. The zero-order valence-corrected chi connectivity index (χ0v) is 15.8. The van der Waals surface area contributed by atoms with Crippen molar-refractivity contribution >= 4 is 26.0 Å². The van der Waals surface area contributed by atoms with Gasteiger partial charge in [-0.25, -0.2) is 0 Å². The van der Waals surface area contributed by atoms with Crippen LogP contribution >= 0.6 is 0 Å². The first-order chi connectivity index (χ1) is 11.4. The van der Waals surface area contributed by atoms with Crippen LogP contribution in [-0.4, -0.2) is 27.7 Å². The van der Waals surface area contributed by atoms with Gasteiger partial charge in [0.2, 0.25) is 14.6 Å². The molecule has 1 fully saturated rings. The zero-order valence-electron chi connectivity index (χ0n) is 15.8. The summed E-state index contributed by atoms with van der Waals surface area (Å²) in [6.07, 6.45) is 0. The number of benzene rings is 2. The summed E-state index contributed by atoms with van der Waals surface area (Å²) < 4.78 is 0. The van der Waals surface area contributed by atoms with Gasteiger partial charge in [-0.15, -0.1) is 0 Å². The summed E-state index contributed by atoms with van der Waals surface area (Å²) in [5.74, 6) is 0. The van der Waals surface area contributed by atoms with Crippen LogP contribution in [0.5, 0.6) is 0 Å². The van der Waals surface area contributed by atoms with Crippen molar-refractivity contribution < 1.29 is 0 Å². The van der Waals surface area contributed by atoms with E-state index >= 15 is 0 Å². The largest absolute Gasteiger partial charge is 0.423 e. The van der Waals surface area contributed by atoms with Crippen LogP contribution in [0.4, 0.5) is 11.4 Å². The predicted octanol–water partition coefficient (Wildman–Crippen LogP) is 4.02. The Balaban J connectivity index is 1.80. The SMILES string of the molecule is Cc1cc(C)c(N2[B][B]N(c3c(C)cc(C)cc3C)CC2)c(C)c1. The number of nitrogens with zero attached hydrogens (tertiary/aromatic N) is 2. The first-order valence-corrected chi connectivity index (χ1v) is 8.74. The highest BCUT2D eigenvalue weighted by atomic mass is 15.2. The third kappa shape index (κ3) is 3.19. The van der Waals surface area contributed by atoms with Crippen LogP contribution in [0.2, 0.25) is 0 Å². The molecule has 0 bridgehead atoms. The summed E-state index contributed by atoms with van der Waals surface area (Å²) >= 11 is 0. The molecule has 4 heteroatoms. The Bertz CT molecular complexity index is 651. The van der Waals surface area contributed by atoms with Gasteiger partial charge in [0.25, 0.3) is 0 Å². The lowest BCUT2D eigenvalue weighted by Gasteiger charge is -2.39. The molecule has 0 unspecified atom stereocenters. The highest BCUT2D eigenvalue weighted by Gasteiger charge is 2.24. The molecule has 0 N–H and O–H groups in total. The standard InChI is InChI=1S/C20H26B2N2/c1-13-9-15(3)19(16(4)10-13)23-7-8-24(22-21-23)20-17(5)11-14(2)12-18(20)6/h9-12H,7-8H2,1-6H3. The van der Waals surface area contributed by atoms with Gasteiger partial charge in [-0.2, -0.15) is 0 Å². The highest BCUT2D eigenvalue weighted by Crippen LogP contribution is 2.30. The first kappa shape index (κ1) is 17.0. The van der Waals surface area contributed by atoms with Gasteiger partial charge < -0.3 is 9.62 Å². The van der Waals surface area contributed by atoms with Gasteiger partial charge in [-0.3, -0.25) is 0 Å². The van der Waals surface area contributed by atoms with Crippen molar-refractivity contribution in [1.82, 2.24) is 0 Å². The molecule has 2 aromatic carbocycles. The molecule has 0 atom stereocenters. The fourth-order valence-corrected chi connectivity index (χ4v) is 4.15. The van der Waals surface area contributed by atoms with E-state index in [0.29, 0.717) is 0 Å². The zero-order chi connectivity index (χ0) is 17.4. The van der Waals surface area contributed by atoms with Gasteiger partial charge >= 0.3 is 0 Å². The minimum absolute atomic E-state index is 1.01. The Hall–Kier alpha value is -1.83. The normalized spacial score (nSPS) is 14.4. The van der Waals surface area contributed by atoms with Crippen LogP contribution in [0.3, 0.4) is 0 Å². The van der Waals surface area contributed by atoms with Gasteiger partial charge in [0.05, 0.1) is 0 Å². The van der Waals surface area contributed by atoms with Crippen molar-refractivity contribution in [2.45, 2.75) is 41.5 Å². The average molecular weight is 316 g/mol. The monoisotopic (exact) mass is 316 g/mol. The highest BCUT2D eigenvalue weighted by molar-refractivity contribution is 7.04. The van der Waals surface area contributed by atoms with Crippen molar-refractivity contribution in [2.75, 3.05) is 22.7 Å². The Morgan fingerprint density at radius 3 is 1.12 bits per heavy atom. The summed E-state index contributed by atoms with van der Waals surface area (Å²) in [5, 5.41) is 0. The number of rotatable bonds is 2. The molecule has 2 nitrogen and oxygen atoms in total. The molecule has 0 spiro atoms. The summed E-state index contributed by atoms with van der Waals surface area (Å²) in [4.78, 5) is 4.78. The minimum atomic E-state index is 1.01. The third-order valence-corrected chi connectivity index (χ3v) is 4.85. The van der Waals surface area contributed by atoms with Crippen LogP contribution in [0.15, 0.2) is 24.3 Å². The maximum absolute atomic E-state index is 2.39. The van der Waals surface area contributed by atoms with E-state index in [1.165, 1.54) is 44.8 Å². The van der Waals surface area contributed by atoms with E-state index in [1.807, 2.05) is 0 Å². The topological polar surface area (TPSA) is 6.48 Å². The van der Waals surface area contributed by atoms with Crippen molar-refractivity contribution in [3.8, 4) is 0 Å². The molecule has 3 rings (SSSR count). The van der Waals surface area contributed by atoms with E-state index in [0.717, 1.165) is 13.1 Å². The van der Waals surface area contributed by atoms with Gasteiger partial charge in [0.1, 0.15) is 0 Å². The summed E-state index contributed by atoms with van der Waals surface area (Å²) in [5.41, 5.74) is 10.8. The summed E-state index contributed by atoms with van der Waals surface area (Å²) in [7, 11) is 4.46. The smallest absolute Gasteiger partial charge is 0.226 e. The fourth-order valence-electron chi connectivity index (χ4n) is 4.15. The van der Waals surface area contributed by atoms with Crippen LogP contribution in [0.1, 0.15) is 33.4 Å². The van der Waals surface area contributed by atoms with Gasteiger partial charge in [-0.05, 0) is 63.8 Å². The van der Waals surface area contributed by atoms with Gasteiger partial charge in [0, 0.05) is 24.5 Å². The number of hydrogen-bond donors (Lipinski definition) is 0. The molecule has 1 aliphatic rings. The molecule has 1 heterocycles. The lowest BCUT2D eigenvalue weighted by atomic mass is 9.51. The molecule has 0 aliphatic carbocycles. The molecule has 2 radical (unpaired) electrons. The van der Waals surface area contributed by atoms with E-state index in [2.05, 4.69) is 90.0 Å². The fraction of sp³-hybridized carbons (Fsp3) is 0.400. The third-order valence-electron chi connectivity index (χ3n) is 4.85. The van der Waals surface area contributed by atoms with Crippen molar-refractivity contribution in [2.24, 2.45) is 0 Å². The first-order valence-electron chi connectivity index (χ1n) is 8.74. The minimum Gasteiger partial charge on any atom is -0.423 e. The quantitative estimate of drug-likeness (QED) is 0.772. The predicted molar refractivity (Wildman–Crippen MR) is 108 cm³/mol. The lowest BCUT2D eigenvalue weighted by molar-refractivity contribution is 0.922. The number of aryl methyl sites for hydroxylation is 6. The average Bonchev–Trinajstić information content (AvgIpc) is 2.46. The molecule has 0 aromatic heterocycles. The second kappa shape index (κ2) is 6.58. The molecule has 122 valence electrons. The van der Waals surface area contributed by atoms with Crippen molar-refractivity contribution in [3.05, 3.63) is 57.6 Å². The summed E-state index contributed by atoms with van der Waals surface area (Å²) in [6, 6.07) is 9.10. The van der Waals surface area contributed by atoms with E-state index in [-0.39, 0.29) is 0 Å². The maximum Gasteiger partial charge on any atom is 0.226 e. The van der Waals surface area contributed by atoms with E-state index in [9.17, 15) is 0 Å². The Labute approximate surface area is 148 Å². The molecule has 24 heavy (non-hydrogen) atoms. The van der Waals surface area contributed by atoms with E-state index in [1.54, 1.807) is 0 Å². The molecule has 1 saturated heterocycles. The van der Waals surface area contributed by atoms with E-state index in [4.69, 9.17) is 0 Å². The van der Waals surface area contributed by atoms with Gasteiger partial charge in [-0.1, -0.05) is 35.4 Å². The molecule has 1 aliphatic heterocycles. The van der Waals surface area contributed by atoms with Crippen molar-refractivity contribution in [3.63, 3.8) is 0 Å². The Morgan fingerprint density at radius 1 is 0.583 bits per heavy atom. The van der Waals surface area contributed by atoms with Crippen LogP contribution < -0.4 is 9.62 Å². The van der Waals surface area contributed by atoms with Crippen molar-refractivity contribution in [1.29, 1.82) is 0 Å². The molecule has 0 amide bonds. The number of hydrogen-bond acceptors (Lipinski definition) is 2. The van der Waals surface area contributed by atoms with Gasteiger partial charge in [0.15, 0.2) is 0 Å². The molecule has 0 saturated carbocycles. The van der Waals surface area contributed by atoms with Crippen LogP contribution in [-0.2, 0) is 0 Å². The Kier molecular flexibility index (Phi) is 4.67. The molecule has 2 aromatic rings. The second-order valence-electron chi connectivity index (χ2n) is 7.18. The maximum atomic E-state index is 2.39. The second-order valence-corrected chi connectivity index (χ2v) is 7.18. The van der Waals surface area contributed by atoms with Crippen LogP contribution in [0.25, 0.3) is 0 Å². The number of anilines is 2. The summed E-state index contributed by atoms with van der Waals surface area (Å²) in [6.45, 7) is 15.2. The van der Waals surface area contributed by atoms with Crippen LogP contribution in [0, 0.1) is 41.5 Å². The molecular formula is C20H26B2N2.